The van der Waals surface area contributed by atoms with Crippen LogP contribution in [0.3, 0.4) is 0 Å². The Morgan fingerprint density at radius 1 is 0.966 bits per heavy atom. The first kappa shape index (κ1) is 21.1. The summed E-state index contributed by atoms with van der Waals surface area (Å²) < 4.78 is 1.60. The maximum Gasteiger partial charge on any atom is 0.274 e. The third-order valence-corrected chi connectivity index (χ3v) is 5.48. The van der Waals surface area contributed by atoms with Crippen molar-refractivity contribution in [2.75, 3.05) is 13.1 Å². The van der Waals surface area contributed by atoms with E-state index >= 15 is 0 Å². The van der Waals surface area contributed by atoms with Crippen LogP contribution in [0.25, 0.3) is 11.1 Å². The van der Waals surface area contributed by atoms with E-state index in [1.807, 2.05) is 6.07 Å². The van der Waals surface area contributed by atoms with E-state index < -0.39 is 0 Å². The third-order valence-electron chi connectivity index (χ3n) is 5.48. The zero-order chi connectivity index (χ0) is 19.3. The molecule has 2 aromatic carbocycles. The van der Waals surface area contributed by atoms with Crippen LogP contribution in [0.4, 0.5) is 0 Å². The van der Waals surface area contributed by atoms with Gasteiger partial charge >= 0.3 is 0 Å². The molecule has 3 aromatic rings. The molecular weight excluding hydrogens is 386 g/mol. The number of likely N-dealkylation sites (tertiary alicyclic amines) is 1. The molecule has 1 aliphatic heterocycles. The van der Waals surface area contributed by atoms with Crippen molar-refractivity contribution in [3.8, 4) is 16.9 Å². The number of rotatable bonds is 5. The Hall–Kier alpha value is -2.63. The van der Waals surface area contributed by atoms with Crippen LogP contribution in [0.2, 0.25) is 0 Å². The highest BCUT2D eigenvalue weighted by molar-refractivity contribution is 5.85. The molecule has 0 amide bonds. The number of hydrogen-bond acceptors (Lipinski definition) is 4. The minimum atomic E-state index is -0.0695. The lowest BCUT2D eigenvalue weighted by Crippen LogP contribution is -2.36. The Bertz CT molecular complexity index is 965. The van der Waals surface area contributed by atoms with Crippen molar-refractivity contribution < 1.29 is 5.11 Å². The number of halogens is 1. The number of hydrogen-bond donors (Lipinski definition) is 1. The summed E-state index contributed by atoms with van der Waals surface area (Å²) in [5.74, 6) is 0.660. The second-order valence-electron chi connectivity index (χ2n) is 7.48. The number of phenols is 1. The maximum atomic E-state index is 12.9. The molecule has 0 aliphatic carbocycles. The van der Waals surface area contributed by atoms with Gasteiger partial charge in [-0.05, 0) is 61.2 Å². The molecule has 0 radical (unpaired) electrons. The molecular formula is C23H26ClN3O2. The Kier molecular flexibility index (Phi) is 7.07. The van der Waals surface area contributed by atoms with Crippen LogP contribution in [0.5, 0.6) is 5.75 Å². The van der Waals surface area contributed by atoms with Gasteiger partial charge in [0.1, 0.15) is 5.75 Å². The first-order valence-corrected chi connectivity index (χ1v) is 9.81. The lowest BCUT2D eigenvalue weighted by molar-refractivity contribution is 0.163. The fourth-order valence-electron chi connectivity index (χ4n) is 3.86. The first-order chi connectivity index (χ1) is 13.7. The van der Waals surface area contributed by atoms with Gasteiger partial charge in [-0.2, -0.15) is 5.10 Å². The van der Waals surface area contributed by atoms with Gasteiger partial charge in [0.15, 0.2) is 0 Å². The molecule has 0 saturated carbocycles. The van der Waals surface area contributed by atoms with Crippen molar-refractivity contribution >= 4 is 12.4 Å². The van der Waals surface area contributed by atoms with Gasteiger partial charge in [-0.25, -0.2) is 4.68 Å². The predicted octanol–water partition coefficient (Wildman–Crippen LogP) is 3.95. The summed E-state index contributed by atoms with van der Waals surface area (Å²) in [6.07, 6.45) is 3.84. The average Bonchev–Trinajstić information content (AvgIpc) is 2.73. The van der Waals surface area contributed by atoms with E-state index in [1.54, 1.807) is 41.2 Å². The number of piperidine rings is 1. The van der Waals surface area contributed by atoms with E-state index in [1.165, 1.54) is 5.56 Å². The highest BCUT2D eigenvalue weighted by atomic mass is 35.5. The summed E-state index contributed by atoms with van der Waals surface area (Å²) in [6, 6.07) is 19.0. The second-order valence-corrected chi connectivity index (χ2v) is 7.48. The molecule has 1 aliphatic rings. The Morgan fingerprint density at radius 3 is 2.34 bits per heavy atom. The average molecular weight is 412 g/mol. The van der Waals surface area contributed by atoms with Gasteiger partial charge in [0, 0.05) is 19.3 Å². The van der Waals surface area contributed by atoms with Crippen LogP contribution in [0.15, 0.2) is 71.7 Å². The normalized spacial score (nSPS) is 15.0. The number of aromatic hydroxyl groups is 1. The summed E-state index contributed by atoms with van der Waals surface area (Å²) in [5.41, 5.74) is 2.70. The van der Waals surface area contributed by atoms with Gasteiger partial charge in [0.25, 0.3) is 5.56 Å². The summed E-state index contributed by atoms with van der Waals surface area (Å²) in [6.45, 7) is 3.74. The van der Waals surface area contributed by atoms with Gasteiger partial charge in [0.2, 0.25) is 0 Å². The zero-order valence-corrected chi connectivity index (χ0v) is 17.1. The van der Waals surface area contributed by atoms with Crippen LogP contribution in [-0.2, 0) is 13.1 Å². The van der Waals surface area contributed by atoms with E-state index in [9.17, 15) is 9.90 Å². The van der Waals surface area contributed by atoms with Crippen molar-refractivity contribution in [1.29, 1.82) is 0 Å². The zero-order valence-electron chi connectivity index (χ0n) is 16.3. The van der Waals surface area contributed by atoms with Crippen molar-refractivity contribution in [3.05, 3.63) is 82.8 Å². The standard InChI is InChI=1S/C23H25N3O2.ClH/c27-21-8-6-20(7-9-21)22-10-13-24-26(23(22)28)17-19-11-14-25(15-12-19)16-18-4-2-1-3-5-18;/h1-10,13,19,27H,11-12,14-17H2;1H. The van der Waals surface area contributed by atoms with Gasteiger partial charge in [0.05, 0.1) is 5.56 Å². The fraction of sp³-hybridized carbons (Fsp3) is 0.304. The number of aromatic nitrogens is 2. The Labute approximate surface area is 177 Å². The van der Waals surface area contributed by atoms with Crippen LogP contribution < -0.4 is 5.56 Å². The van der Waals surface area contributed by atoms with E-state index in [-0.39, 0.29) is 23.7 Å². The first-order valence-electron chi connectivity index (χ1n) is 9.81. The third kappa shape index (κ3) is 5.25. The quantitative estimate of drug-likeness (QED) is 0.690. The van der Waals surface area contributed by atoms with Gasteiger partial charge in [-0.1, -0.05) is 42.5 Å². The van der Waals surface area contributed by atoms with Crippen LogP contribution in [0, 0.1) is 5.92 Å². The van der Waals surface area contributed by atoms with Crippen LogP contribution >= 0.6 is 12.4 Å². The van der Waals surface area contributed by atoms with Gasteiger partial charge in [-0.15, -0.1) is 12.4 Å². The molecule has 0 spiro atoms. The molecule has 0 bridgehead atoms. The molecule has 152 valence electrons. The molecule has 0 unspecified atom stereocenters. The van der Waals surface area contributed by atoms with Gasteiger partial charge in [-0.3, -0.25) is 9.69 Å². The SMILES string of the molecule is Cl.O=c1c(-c2ccc(O)cc2)ccnn1CC1CCN(Cc2ccccc2)CC1. The minimum Gasteiger partial charge on any atom is -0.508 e. The summed E-state index contributed by atoms with van der Waals surface area (Å²) >= 11 is 0. The van der Waals surface area contributed by atoms with Crippen molar-refractivity contribution in [1.82, 2.24) is 14.7 Å². The minimum absolute atomic E-state index is 0. The lowest BCUT2D eigenvalue weighted by atomic mass is 9.96. The second kappa shape index (κ2) is 9.72. The number of benzene rings is 2. The smallest absolute Gasteiger partial charge is 0.274 e. The van der Waals surface area contributed by atoms with E-state index in [4.69, 9.17) is 0 Å². The fourth-order valence-corrected chi connectivity index (χ4v) is 3.86. The summed E-state index contributed by atoms with van der Waals surface area (Å²) in [7, 11) is 0. The van der Waals surface area contributed by atoms with E-state index in [0.717, 1.165) is 38.0 Å². The van der Waals surface area contributed by atoms with Gasteiger partial charge < -0.3 is 5.11 Å². The van der Waals surface area contributed by atoms with E-state index in [0.29, 0.717) is 18.0 Å². The van der Waals surface area contributed by atoms with Crippen molar-refractivity contribution in [2.45, 2.75) is 25.9 Å². The Balaban J connectivity index is 0.00000240. The molecule has 4 rings (SSSR count). The van der Waals surface area contributed by atoms with Crippen LogP contribution in [-0.4, -0.2) is 32.9 Å². The lowest BCUT2D eigenvalue weighted by Gasteiger charge is -2.32. The molecule has 29 heavy (non-hydrogen) atoms. The predicted molar refractivity (Wildman–Crippen MR) is 117 cm³/mol. The maximum absolute atomic E-state index is 12.9. The number of nitrogens with zero attached hydrogens (tertiary/aromatic N) is 3. The topological polar surface area (TPSA) is 58.4 Å². The molecule has 5 nitrogen and oxygen atoms in total. The highest BCUT2D eigenvalue weighted by Gasteiger charge is 2.21. The molecule has 0 atom stereocenters. The van der Waals surface area contributed by atoms with Crippen LogP contribution in [0.1, 0.15) is 18.4 Å². The molecule has 1 fully saturated rings. The highest BCUT2D eigenvalue weighted by Crippen LogP contribution is 2.21. The monoisotopic (exact) mass is 411 g/mol. The molecule has 2 heterocycles. The molecule has 1 saturated heterocycles. The number of phenolic OH excluding ortho intramolecular Hbond substituents is 1. The molecule has 6 heteroatoms. The Morgan fingerprint density at radius 2 is 1.66 bits per heavy atom. The molecule has 1 aromatic heterocycles. The van der Waals surface area contributed by atoms with E-state index in [2.05, 4.69) is 34.3 Å². The van der Waals surface area contributed by atoms with Crippen molar-refractivity contribution in [3.63, 3.8) is 0 Å². The molecule has 1 N–H and O–H groups in total. The van der Waals surface area contributed by atoms with Crippen molar-refractivity contribution in [2.24, 2.45) is 5.92 Å². The summed E-state index contributed by atoms with van der Waals surface area (Å²) in [4.78, 5) is 15.3. The summed E-state index contributed by atoms with van der Waals surface area (Å²) in [5, 5.41) is 13.8. The largest absolute Gasteiger partial charge is 0.508 e.